The molecule has 0 spiro atoms. The number of hydrogen-bond donors (Lipinski definition) is 0. The van der Waals surface area contributed by atoms with Crippen LogP contribution in [-0.2, 0) is 9.53 Å². The van der Waals surface area contributed by atoms with Crippen molar-refractivity contribution in [3.05, 3.63) is 0 Å². The van der Waals surface area contributed by atoms with Crippen molar-refractivity contribution in [2.75, 3.05) is 6.61 Å². The van der Waals surface area contributed by atoms with Gasteiger partial charge in [-0.3, -0.25) is 0 Å². The van der Waals surface area contributed by atoms with Gasteiger partial charge in [0, 0.05) is 13.0 Å². The Hall–Kier alpha value is -0.370. The topological polar surface area (TPSA) is 26.3 Å². The van der Waals surface area contributed by atoms with Gasteiger partial charge in [-0.2, -0.15) is 0 Å². The van der Waals surface area contributed by atoms with E-state index in [4.69, 9.17) is 4.74 Å². The van der Waals surface area contributed by atoms with Gasteiger partial charge in [-0.05, 0) is 19.8 Å². The summed E-state index contributed by atoms with van der Waals surface area (Å²) in [5.41, 5.74) is -0.286. The van der Waals surface area contributed by atoms with Gasteiger partial charge >= 0.3 is 0 Å². The van der Waals surface area contributed by atoms with E-state index in [0.717, 1.165) is 12.9 Å². The molecule has 0 amide bonds. The zero-order valence-corrected chi connectivity index (χ0v) is 7.89. The first-order valence-electron chi connectivity index (χ1n) is 4.05. The third-order valence-electron chi connectivity index (χ3n) is 1.38. The second-order valence-electron chi connectivity index (χ2n) is 3.84. The molecule has 0 fully saturated rings. The van der Waals surface area contributed by atoms with Crippen molar-refractivity contribution in [2.45, 2.75) is 39.7 Å². The van der Waals surface area contributed by atoms with Crippen LogP contribution in [0.2, 0.25) is 0 Å². The summed E-state index contributed by atoms with van der Waals surface area (Å²) in [5, 5.41) is 0. The second kappa shape index (κ2) is 4.50. The zero-order valence-electron chi connectivity index (χ0n) is 7.89. The van der Waals surface area contributed by atoms with E-state index in [9.17, 15) is 4.79 Å². The van der Waals surface area contributed by atoms with Gasteiger partial charge in [-0.15, -0.1) is 0 Å². The van der Waals surface area contributed by atoms with E-state index < -0.39 is 0 Å². The van der Waals surface area contributed by atoms with Crippen molar-refractivity contribution in [3.8, 4) is 0 Å². The molecule has 66 valence electrons. The average Bonchev–Trinajstić information content (AvgIpc) is 1.84. The summed E-state index contributed by atoms with van der Waals surface area (Å²) in [5.74, 6) is 0.529. The molecule has 0 aromatic carbocycles. The van der Waals surface area contributed by atoms with E-state index >= 15 is 0 Å². The van der Waals surface area contributed by atoms with Crippen LogP contribution in [0.25, 0.3) is 0 Å². The fraction of sp³-hybridized carbons (Fsp3) is 0.889. The van der Waals surface area contributed by atoms with Crippen molar-refractivity contribution in [1.82, 2.24) is 0 Å². The predicted molar refractivity (Wildman–Crippen MR) is 45.6 cm³/mol. The highest BCUT2D eigenvalue weighted by Crippen LogP contribution is 2.13. The largest absolute Gasteiger partial charge is 0.375 e. The van der Waals surface area contributed by atoms with Crippen LogP contribution in [0.3, 0.4) is 0 Å². The first-order chi connectivity index (χ1) is 4.98. The van der Waals surface area contributed by atoms with Crippen molar-refractivity contribution < 1.29 is 9.53 Å². The number of aldehydes is 1. The maximum Gasteiger partial charge on any atom is 0.122 e. The predicted octanol–water partition coefficient (Wildman–Crippen LogP) is 2.03. The summed E-state index contributed by atoms with van der Waals surface area (Å²) in [6.45, 7) is 8.78. The molecule has 0 rings (SSSR count). The molecule has 0 aliphatic heterocycles. The molecule has 11 heavy (non-hydrogen) atoms. The van der Waals surface area contributed by atoms with Crippen LogP contribution < -0.4 is 0 Å². The van der Waals surface area contributed by atoms with E-state index in [0.29, 0.717) is 12.3 Å². The van der Waals surface area contributed by atoms with Crippen LogP contribution >= 0.6 is 0 Å². The Kier molecular flexibility index (Phi) is 4.34. The zero-order chi connectivity index (χ0) is 8.91. The van der Waals surface area contributed by atoms with Crippen LogP contribution in [0, 0.1) is 5.92 Å². The number of ether oxygens (including phenoxy) is 1. The van der Waals surface area contributed by atoms with E-state index in [2.05, 4.69) is 13.8 Å². The molecule has 0 aromatic heterocycles. The molecule has 2 nitrogen and oxygen atoms in total. The Morgan fingerprint density at radius 3 is 2.36 bits per heavy atom. The first-order valence-corrected chi connectivity index (χ1v) is 4.05. The molecule has 0 saturated carbocycles. The van der Waals surface area contributed by atoms with Crippen LogP contribution in [0.4, 0.5) is 0 Å². The van der Waals surface area contributed by atoms with Gasteiger partial charge in [-0.1, -0.05) is 13.8 Å². The summed E-state index contributed by atoms with van der Waals surface area (Å²) in [7, 11) is 0. The van der Waals surface area contributed by atoms with Gasteiger partial charge in [-0.25, -0.2) is 0 Å². The maximum atomic E-state index is 10.2. The lowest BCUT2D eigenvalue weighted by Gasteiger charge is -2.23. The quantitative estimate of drug-likeness (QED) is 0.572. The van der Waals surface area contributed by atoms with Crippen molar-refractivity contribution in [2.24, 2.45) is 5.92 Å². The van der Waals surface area contributed by atoms with E-state index in [1.165, 1.54) is 0 Å². The van der Waals surface area contributed by atoms with Crippen molar-refractivity contribution in [3.63, 3.8) is 0 Å². The lowest BCUT2D eigenvalue weighted by molar-refractivity contribution is -0.114. The van der Waals surface area contributed by atoms with E-state index in [-0.39, 0.29) is 5.60 Å². The molecule has 0 bridgehead atoms. The van der Waals surface area contributed by atoms with Crippen molar-refractivity contribution >= 4 is 6.29 Å². The lowest BCUT2D eigenvalue weighted by atomic mass is 10.1. The molecule has 2 heteroatoms. The minimum absolute atomic E-state index is 0.286. The van der Waals surface area contributed by atoms with Crippen LogP contribution in [0.5, 0.6) is 0 Å². The summed E-state index contributed by atoms with van der Waals surface area (Å²) in [4.78, 5) is 10.2. The Morgan fingerprint density at radius 2 is 2.00 bits per heavy atom. The maximum absolute atomic E-state index is 10.2. The van der Waals surface area contributed by atoms with Gasteiger partial charge in [0.1, 0.15) is 6.29 Å². The Bertz CT molecular complexity index is 117. The van der Waals surface area contributed by atoms with Crippen LogP contribution in [0.15, 0.2) is 0 Å². The van der Waals surface area contributed by atoms with Gasteiger partial charge in [0.05, 0.1) is 5.60 Å². The number of carbonyl (C=O) groups excluding carboxylic acids is 1. The number of hydrogen-bond acceptors (Lipinski definition) is 2. The van der Waals surface area contributed by atoms with Gasteiger partial charge < -0.3 is 9.53 Å². The van der Waals surface area contributed by atoms with E-state index in [1.54, 1.807) is 0 Å². The smallest absolute Gasteiger partial charge is 0.122 e. The van der Waals surface area contributed by atoms with Gasteiger partial charge in [0.25, 0.3) is 0 Å². The Morgan fingerprint density at radius 1 is 1.45 bits per heavy atom. The summed E-state index contributed by atoms with van der Waals surface area (Å²) < 4.78 is 5.50. The first kappa shape index (κ1) is 10.6. The highest BCUT2D eigenvalue weighted by molar-refractivity contribution is 5.51. The normalized spacial score (nSPS) is 12.1. The SMILES string of the molecule is CC(C)COC(C)(C)CC=O. The molecular formula is C9H18O2. The summed E-state index contributed by atoms with van der Waals surface area (Å²) in [6, 6.07) is 0. The molecule has 0 atom stereocenters. The summed E-state index contributed by atoms with van der Waals surface area (Å²) >= 11 is 0. The molecule has 0 N–H and O–H groups in total. The molecule has 0 aliphatic rings. The van der Waals surface area contributed by atoms with Crippen molar-refractivity contribution in [1.29, 1.82) is 0 Å². The Balaban J connectivity index is 3.62. The monoisotopic (exact) mass is 158 g/mol. The molecule has 0 radical (unpaired) electrons. The number of rotatable bonds is 5. The third kappa shape index (κ3) is 6.05. The molecule has 0 aromatic rings. The molecule has 0 saturated heterocycles. The average molecular weight is 158 g/mol. The molecule has 0 heterocycles. The summed E-state index contributed by atoms with van der Waals surface area (Å²) in [6.07, 6.45) is 1.38. The minimum Gasteiger partial charge on any atom is -0.375 e. The van der Waals surface area contributed by atoms with Crippen LogP contribution in [0.1, 0.15) is 34.1 Å². The van der Waals surface area contributed by atoms with Gasteiger partial charge in [0.2, 0.25) is 0 Å². The van der Waals surface area contributed by atoms with Crippen LogP contribution in [-0.4, -0.2) is 18.5 Å². The fourth-order valence-electron chi connectivity index (χ4n) is 0.652. The standard InChI is InChI=1S/C9H18O2/c1-8(2)7-11-9(3,4)5-6-10/h6,8H,5,7H2,1-4H3. The Labute approximate surface area is 68.9 Å². The molecule has 0 aliphatic carbocycles. The number of carbonyl (C=O) groups is 1. The van der Waals surface area contributed by atoms with Gasteiger partial charge in [0.15, 0.2) is 0 Å². The minimum atomic E-state index is -0.286. The highest BCUT2D eigenvalue weighted by atomic mass is 16.5. The van der Waals surface area contributed by atoms with E-state index in [1.807, 2.05) is 13.8 Å². The highest BCUT2D eigenvalue weighted by Gasteiger charge is 2.17. The third-order valence-corrected chi connectivity index (χ3v) is 1.38. The molecule has 0 unspecified atom stereocenters. The second-order valence-corrected chi connectivity index (χ2v) is 3.84. The lowest BCUT2D eigenvalue weighted by Crippen LogP contribution is -2.26. The fourth-order valence-corrected chi connectivity index (χ4v) is 0.652. The molecular weight excluding hydrogens is 140 g/mol.